The summed E-state index contributed by atoms with van der Waals surface area (Å²) in [6.07, 6.45) is 2.11. The van der Waals surface area contributed by atoms with Gasteiger partial charge in [-0.1, -0.05) is 30.3 Å². The van der Waals surface area contributed by atoms with Crippen LogP contribution < -0.4 is 5.32 Å². The molecule has 0 radical (unpaired) electrons. The van der Waals surface area contributed by atoms with Crippen LogP contribution in [0.5, 0.6) is 0 Å². The van der Waals surface area contributed by atoms with Crippen molar-refractivity contribution in [1.29, 1.82) is 0 Å². The Hall–Kier alpha value is -2.87. The van der Waals surface area contributed by atoms with Crippen molar-refractivity contribution in [2.24, 2.45) is 0 Å². The Morgan fingerprint density at radius 3 is 2.58 bits per heavy atom. The van der Waals surface area contributed by atoms with E-state index in [2.05, 4.69) is 38.1 Å². The molecule has 0 atom stereocenters. The topological polar surface area (TPSA) is 54.9 Å². The molecule has 1 saturated carbocycles. The summed E-state index contributed by atoms with van der Waals surface area (Å²) in [4.78, 5) is 12.5. The Kier molecular flexibility index (Phi) is 5.17. The third-order valence-electron chi connectivity index (χ3n) is 5.59. The minimum atomic E-state index is -0.325. The van der Waals surface area contributed by atoms with E-state index in [0.717, 1.165) is 44.0 Å². The summed E-state index contributed by atoms with van der Waals surface area (Å²) in [6.45, 7) is 2.03. The zero-order valence-electron chi connectivity index (χ0n) is 16.8. The van der Waals surface area contributed by atoms with Crippen LogP contribution in [-0.2, 0) is 0 Å². The normalized spacial score (nSPS) is 13.4. The van der Waals surface area contributed by atoms with Gasteiger partial charge in [-0.05, 0) is 89.4 Å². The molecule has 0 saturated heterocycles. The molecule has 1 N–H and O–H groups in total. The van der Waals surface area contributed by atoms with E-state index in [4.69, 9.17) is 0 Å². The number of benzene rings is 3. The van der Waals surface area contributed by atoms with Crippen molar-refractivity contribution in [3.05, 3.63) is 81.3 Å². The highest BCUT2D eigenvalue weighted by Crippen LogP contribution is 2.34. The first-order valence-electron chi connectivity index (χ1n) is 10.1. The number of halogens is 2. The molecule has 1 aromatic heterocycles. The highest BCUT2D eigenvalue weighted by atomic mass is 127. The number of fused-ring (bicyclic) bond motifs is 1. The molecule has 1 fully saturated rings. The van der Waals surface area contributed by atoms with Crippen molar-refractivity contribution in [2.75, 3.05) is 0 Å². The second kappa shape index (κ2) is 8.00. The monoisotopic (exact) mass is 523 g/mol. The number of aryl methyl sites for hydroxylation is 1. The summed E-state index contributed by atoms with van der Waals surface area (Å²) in [5.74, 6) is -0.361. The number of carbonyl (C=O) groups is 1. The van der Waals surface area contributed by atoms with Gasteiger partial charge in [0.25, 0.3) is 5.91 Å². The summed E-state index contributed by atoms with van der Waals surface area (Å²) in [5.41, 5.74) is 4.66. The summed E-state index contributed by atoms with van der Waals surface area (Å²) in [7, 11) is 0. The second-order valence-corrected chi connectivity index (χ2v) is 8.88. The number of rotatable bonds is 4. The largest absolute Gasteiger partial charge is 0.349 e. The molecule has 0 aliphatic heterocycles. The first-order chi connectivity index (χ1) is 15.0. The molecule has 4 aromatic rings. The number of carbonyl (C=O) groups excluding carboxylic acids is 1. The van der Waals surface area contributed by atoms with Gasteiger partial charge in [0.1, 0.15) is 15.2 Å². The van der Waals surface area contributed by atoms with Gasteiger partial charge in [0, 0.05) is 27.9 Å². The van der Waals surface area contributed by atoms with Gasteiger partial charge in [-0.25, -0.2) is 4.39 Å². The highest BCUT2D eigenvalue weighted by Gasteiger charge is 2.24. The lowest BCUT2D eigenvalue weighted by Gasteiger charge is -2.12. The molecule has 1 amide bonds. The number of nitrogens with zero attached hydrogens (tertiary/aromatic N) is 2. The maximum atomic E-state index is 14.4. The molecular weight excluding hydrogens is 504 g/mol. The van der Waals surface area contributed by atoms with Gasteiger partial charge >= 0.3 is 0 Å². The highest BCUT2D eigenvalue weighted by molar-refractivity contribution is 14.1. The van der Waals surface area contributed by atoms with Gasteiger partial charge in [0.15, 0.2) is 0 Å². The van der Waals surface area contributed by atoms with E-state index < -0.39 is 0 Å². The molecule has 1 aliphatic carbocycles. The lowest BCUT2D eigenvalue weighted by molar-refractivity contribution is 0.0951. The molecule has 1 heterocycles. The van der Waals surface area contributed by atoms with E-state index in [9.17, 15) is 9.18 Å². The van der Waals surface area contributed by atoms with Gasteiger partial charge in [0.05, 0.1) is 0 Å². The molecule has 154 valence electrons. The van der Waals surface area contributed by atoms with Gasteiger partial charge < -0.3 is 5.32 Å². The minimum absolute atomic E-state index is 0.0353. The summed E-state index contributed by atoms with van der Waals surface area (Å²) < 4.78 is 15.2. The van der Waals surface area contributed by atoms with Crippen molar-refractivity contribution >= 4 is 39.3 Å². The smallest absolute Gasteiger partial charge is 0.251 e. The van der Waals surface area contributed by atoms with Crippen LogP contribution in [0.2, 0.25) is 0 Å². The standard InChI is InChI=1S/C25H19FIN3O/c1-14-6-7-16(25(31)28-17-9-10-17)13-20(14)15-8-11-18-21(12-15)24(27)30-29-23(18)19-4-2-3-5-22(19)26/h2-8,11-13,17H,9-10H2,1H3,(H,28,31). The van der Waals surface area contributed by atoms with Crippen LogP contribution in [0.1, 0.15) is 28.8 Å². The van der Waals surface area contributed by atoms with Crippen LogP contribution in [0.15, 0.2) is 60.7 Å². The number of hydrogen-bond donors (Lipinski definition) is 1. The van der Waals surface area contributed by atoms with E-state index in [-0.39, 0.29) is 11.7 Å². The number of hydrogen-bond acceptors (Lipinski definition) is 3. The average molecular weight is 523 g/mol. The zero-order chi connectivity index (χ0) is 21.5. The second-order valence-electron chi connectivity index (χ2n) is 7.86. The Balaban J connectivity index is 1.61. The van der Waals surface area contributed by atoms with Crippen LogP contribution in [0.25, 0.3) is 33.2 Å². The van der Waals surface area contributed by atoms with Crippen LogP contribution in [0.3, 0.4) is 0 Å². The summed E-state index contributed by atoms with van der Waals surface area (Å²) in [5, 5.41) is 13.3. The Bertz CT molecular complexity index is 1330. The van der Waals surface area contributed by atoms with Crippen molar-refractivity contribution in [2.45, 2.75) is 25.8 Å². The lowest BCUT2D eigenvalue weighted by atomic mass is 9.95. The van der Waals surface area contributed by atoms with Crippen molar-refractivity contribution in [3.8, 4) is 22.4 Å². The zero-order valence-corrected chi connectivity index (χ0v) is 19.0. The van der Waals surface area contributed by atoms with Crippen molar-refractivity contribution < 1.29 is 9.18 Å². The first kappa shape index (κ1) is 20.1. The van der Waals surface area contributed by atoms with Crippen molar-refractivity contribution in [3.63, 3.8) is 0 Å². The predicted molar refractivity (Wildman–Crippen MR) is 128 cm³/mol. The molecular formula is C25H19FIN3O. The summed E-state index contributed by atoms with van der Waals surface area (Å²) in [6, 6.07) is 18.7. The number of amides is 1. The lowest BCUT2D eigenvalue weighted by Crippen LogP contribution is -2.25. The van der Waals surface area contributed by atoms with E-state index in [0.29, 0.717) is 22.9 Å². The molecule has 0 spiro atoms. The van der Waals surface area contributed by atoms with Crippen molar-refractivity contribution in [1.82, 2.24) is 15.5 Å². The SMILES string of the molecule is Cc1ccc(C(=O)NC2CC2)cc1-c1ccc2c(-c3ccccc3F)nnc(I)c2c1. The fourth-order valence-electron chi connectivity index (χ4n) is 3.71. The third kappa shape index (κ3) is 3.92. The average Bonchev–Trinajstić information content (AvgIpc) is 3.59. The minimum Gasteiger partial charge on any atom is -0.349 e. The molecule has 31 heavy (non-hydrogen) atoms. The quantitative estimate of drug-likeness (QED) is 0.339. The third-order valence-corrected chi connectivity index (χ3v) is 6.38. The van der Waals surface area contributed by atoms with Gasteiger partial charge in [-0.15, -0.1) is 10.2 Å². The van der Waals surface area contributed by atoms with E-state index >= 15 is 0 Å². The van der Waals surface area contributed by atoms with Crippen LogP contribution in [-0.4, -0.2) is 22.1 Å². The van der Waals surface area contributed by atoms with E-state index in [1.54, 1.807) is 18.2 Å². The van der Waals surface area contributed by atoms with Gasteiger partial charge in [-0.2, -0.15) is 0 Å². The van der Waals surface area contributed by atoms with Crippen LogP contribution in [0, 0.1) is 16.4 Å². The maximum Gasteiger partial charge on any atom is 0.251 e. The van der Waals surface area contributed by atoms with E-state index in [1.165, 1.54) is 6.07 Å². The fraction of sp³-hybridized carbons (Fsp3) is 0.160. The fourth-order valence-corrected chi connectivity index (χ4v) is 4.27. The molecule has 5 rings (SSSR count). The van der Waals surface area contributed by atoms with Crippen LogP contribution >= 0.6 is 22.6 Å². The molecule has 3 aromatic carbocycles. The molecule has 0 bridgehead atoms. The molecule has 1 aliphatic rings. The van der Waals surface area contributed by atoms with Gasteiger partial charge in [-0.3, -0.25) is 4.79 Å². The Morgan fingerprint density at radius 1 is 1.00 bits per heavy atom. The molecule has 6 heteroatoms. The number of aromatic nitrogens is 2. The summed E-state index contributed by atoms with van der Waals surface area (Å²) >= 11 is 2.15. The maximum absolute atomic E-state index is 14.4. The van der Waals surface area contributed by atoms with E-state index in [1.807, 2.05) is 43.3 Å². The molecule has 4 nitrogen and oxygen atoms in total. The Morgan fingerprint density at radius 2 is 1.81 bits per heavy atom. The van der Waals surface area contributed by atoms with Crippen LogP contribution in [0.4, 0.5) is 4.39 Å². The Labute approximate surface area is 193 Å². The molecule has 0 unspecified atom stereocenters. The predicted octanol–water partition coefficient (Wildman–Crippen LogP) is 5.91. The van der Waals surface area contributed by atoms with Gasteiger partial charge in [0.2, 0.25) is 0 Å². The number of nitrogens with one attached hydrogen (secondary N) is 1. The first-order valence-corrected chi connectivity index (χ1v) is 11.2.